The zero-order valence-corrected chi connectivity index (χ0v) is 12.2. The normalized spacial score (nSPS) is 10.2. The fourth-order valence-corrected chi connectivity index (χ4v) is 1.72. The molecule has 0 heterocycles. The molecule has 0 bridgehead atoms. The zero-order valence-electron chi connectivity index (χ0n) is 11.5. The van der Waals surface area contributed by atoms with E-state index >= 15 is 0 Å². The summed E-state index contributed by atoms with van der Waals surface area (Å²) in [4.78, 5) is 11.8. The van der Waals surface area contributed by atoms with Crippen LogP contribution < -0.4 is 10.2 Å². The van der Waals surface area contributed by atoms with Crippen molar-refractivity contribution in [3.63, 3.8) is 0 Å². The molecule has 0 spiro atoms. The van der Waals surface area contributed by atoms with Crippen LogP contribution in [0.25, 0.3) is 0 Å². The van der Waals surface area contributed by atoms with E-state index in [0.717, 1.165) is 5.56 Å². The highest BCUT2D eigenvalue weighted by molar-refractivity contribution is 6.30. The molecule has 110 valence electrons. The van der Waals surface area contributed by atoms with E-state index < -0.39 is 0 Å². The van der Waals surface area contributed by atoms with Gasteiger partial charge in [0.2, 0.25) is 0 Å². The van der Waals surface area contributed by atoms with Gasteiger partial charge in [0.25, 0.3) is 5.91 Å². The molecule has 0 aliphatic carbocycles. The molecule has 5 nitrogen and oxygen atoms in total. The number of carbonyl (C=O) groups excluding carboxylic acids is 1. The molecule has 1 N–H and O–H groups in total. The van der Waals surface area contributed by atoms with Crippen LogP contribution in [0.2, 0.25) is 5.02 Å². The van der Waals surface area contributed by atoms with Crippen molar-refractivity contribution in [2.45, 2.75) is 0 Å². The van der Waals surface area contributed by atoms with Crippen molar-refractivity contribution in [3.8, 4) is 11.8 Å². The fourth-order valence-electron chi connectivity index (χ4n) is 1.60. The lowest BCUT2D eigenvalue weighted by molar-refractivity contribution is 0.0955. The van der Waals surface area contributed by atoms with Crippen molar-refractivity contribution >= 4 is 23.7 Å². The molecule has 0 fully saturated rings. The lowest BCUT2D eigenvalue weighted by atomic mass is 10.2. The molecule has 2 aromatic rings. The smallest absolute Gasteiger partial charge is 0.271 e. The van der Waals surface area contributed by atoms with Crippen LogP contribution in [-0.2, 0) is 0 Å². The van der Waals surface area contributed by atoms with Gasteiger partial charge in [-0.15, -0.1) is 0 Å². The molecule has 0 radical (unpaired) electrons. The largest absolute Gasteiger partial charge is 0.479 e. The first-order chi connectivity index (χ1) is 10.7. The van der Waals surface area contributed by atoms with Gasteiger partial charge in [0.1, 0.15) is 11.8 Å². The maximum atomic E-state index is 11.8. The minimum absolute atomic E-state index is 0.00455. The minimum atomic E-state index is -0.318. The summed E-state index contributed by atoms with van der Waals surface area (Å²) in [6.45, 7) is 0.00455. The van der Waals surface area contributed by atoms with E-state index in [2.05, 4.69) is 10.5 Å². The molecule has 22 heavy (non-hydrogen) atoms. The molecule has 1 amide bonds. The number of hydrazone groups is 1. The van der Waals surface area contributed by atoms with E-state index in [9.17, 15) is 4.79 Å². The maximum absolute atomic E-state index is 11.8. The Morgan fingerprint density at radius 2 is 1.91 bits per heavy atom. The Morgan fingerprint density at radius 1 is 1.23 bits per heavy atom. The summed E-state index contributed by atoms with van der Waals surface area (Å²) in [6.07, 6.45) is 1.52. The number of nitrogens with one attached hydrogen (secondary N) is 1. The number of nitriles is 1. The summed E-state index contributed by atoms with van der Waals surface area (Å²) in [5, 5.41) is 12.9. The van der Waals surface area contributed by atoms with E-state index in [4.69, 9.17) is 21.6 Å². The second-order valence-electron chi connectivity index (χ2n) is 4.22. The summed E-state index contributed by atoms with van der Waals surface area (Å²) in [6, 6.07) is 15.4. The van der Waals surface area contributed by atoms with Gasteiger partial charge < -0.3 is 4.74 Å². The number of halogens is 1. The predicted molar refractivity (Wildman–Crippen MR) is 84.1 cm³/mol. The monoisotopic (exact) mass is 313 g/mol. The fraction of sp³-hybridized carbons (Fsp3) is 0.0625. The first kappa shape index (κ1) is 15.5. The van der Waals surface area contributed by atoms with Crippen molar-refractivity contribution in [1.29, 1.82) is 5.26 Å². The first-order valence-electron chi connectivity index (χ1n) is 6.38. The highest BCUT2D eigenvalue weighted by Crippen LogP contribution is 2.11. The molecule has 2 rings (SSSR count). The van der Waals surface area contributed by atoms with Crippen molar-refractivity contribution in [1.82, 2.24) is 5.43 Å². The van der Waals surface area contributed by atoms with Crippen LogP contribution in [0.15, 0.2) is 53.6 Å². The Bertz CT molecular complexity index is 704. The standard InChI is InChI=1S/C16H12ClN3O2/c17-14-5-3-13(4-6-14)16(21)20-19-11-12-1-7-15(8-2-12)22-10-9-18/h1-8,11H,10H2,(H,20,21)/b19-11-. The highest BCUT2D eigenvalue weighted by Gasteiger charge is 2.02. The second kappa shape index (κ2) is 7.81. The van der Waals surface area contributed by atoms with Crippen LogP contribution in [0.1, 0.15) is 15.9 Å². The molecule has 2 aromatic carbocycles. The third-order valence-corrected chi connectivity index (χ3v) is 2.92. The Morgan fingerprint density at radius 3 is 2.55 bits per heavy atom. The van der Waals surface area contributed by atoms with E-state index in [1.165, 1.54) is 6.21 Å². The number of carbonyl (C=O) groups is 1. The summed E-state index contributed by atoms with van der Waals surface area (Å²) in [7, 11) is 0. The summed E-state index contributed by atoms with van der Waals surface area (Å²) < 4.78 is 5.13. The molecule has 0 atom stereocenters. The number of ether oxygens (including phenoxy) is 1. The molecule has 0 saturated heterocycles. The maximum Gasteiger partial charge on any atom is 0.271 e. The quantitative estimate of drug-likeness (QED) is 0.681. The average Bonchev–Trinajstić information content (AvgIpc) is 2.54. The molecule has 0 unspecified atom stereocenters. The van der Waals surface area contributed by atoms with Crippen LogP contribution in [0, 0.1) is 11.3 Å². The lowest BCUT2D eigenvalue weighted by Crippen LogP contribution is -2.17. The van der Waals surface area contributed by atoms with Gasteiger partial charge in [0, 0.05) is 10.6 Å². The minimum Gasteiger partial charge on any atom is -0.479 e. The van der Waals surface area contributed by atoms with Crippen LogP contribution in [-0.4, -0.2) is 18.7 Å². The third-order valence-electron chi connectivity index (χ3n) is 2.67. The van der Waals surface area contributed by atoms with Gasteiger partial charge in [0.15, 0.2) is 6.61 Å². The van der Waals surface area contributed by atoms with Crippen molar-refractivity contribution in [2.24, 2.45) is 5.10 Å². The molecular weight excluding hydrogens is 302 g/mol. The predicted octanol–water partition coefficient (Wildman–Crippen LogP) is 3.01. The van der Waals surface area contributed by atoms with Gasteiger partial charge in [-0.3, -0.25) is 4.79 Å². The Kier molecular flexibility index (Phi) is 5.52. The molecular formula is C16H12ClN3O2. The van der Waals surface area contributed by atoms with Crippen LogP contribution in [0.4, 0.5) is 0 Å². The Labute approximate surface area is 132 Å². The number of benzene rings is 2. The molecule has 0 aromatic heterocycles. The van der Waals surface area contributed by atoms with Gasteiger partial charge >= 0.3 is 0 Å². The van der Waals surface area contributed by atoms with Gasteiger partial charge in [-0.25, -0.2) is 5.43 Å². The van der Waals surface area contributed by atoms with E-state index in [1.54, 1.807) is 48.5 Å². The Balaban J connectivity index is 1.90. The van der Waals surface area contributed by atoms with E-state index in [0.29, 0.717) is 16.3 Å². The van der Waals surface area contributed by atoms with Crippen LogP contribution in [0.5, 0.6) is 5.75 Å². The third kappa shape index (κ3) is 4.62. The van der Waals surface area contributed by atoms with Crippen molar-refractivity contribution in [2.75, 3.05) is 6.61 Å². The average molecular weight is 314 g/mol. The van der Waals surface area contributed by atoms with Gasteiger partial charge in [-0.05, 0) is 54.1 Å². The summed E-state index contributed by atoms with van der Waals surface area (Å²) in [5.74, 6) is 0.283. The SMILES string of the molecule is N#CCOc1ccc(/C=N\NC(=O)c2ccc(Cl)cc2)cc1. The van der Waals surface area contributed by atoms with Crippen molar-refractivity contribution < 1.29 is 9.53 Å². The number of hydrogen-bond acceptors (Lipinski definition) is 4. The Hall–Kier alpha value is -2.84. The number of amides is 1. The summed E-state index contributed by atoms with van der Waals surface area (Å²) in [5.41, 5.74) is 3.70. The topological polar surface area (TPSA) is 74.5 Å². The van der Waals surface area contributed by atoms with E-state index in [-0.39, 0.29) is 12.5 Å². The number of hydrogen-bond donors (Lipinski definition) is 1. The zero-order chi connectivity index (χ0) is 15.8. The second-order valence-corrected chi connectivity index (χ2v) is 4.66. The first-order valence-corrected chi connectivity index (χ1v) is 6.75. The highest BCUT2D eigenvalue weighted by atomic mass is 35.5. The van der Waals surface area contributed by atoms with Crippen LogP contribution >= 0.6 is 11.6 Å². The molecule has 0 aliphatic heterocycles. The van der Waals surface area contributed by atoms with Crippen molar-refractivity contribution in [3.05, 3.63) is 64.7 Å². The van der Waals surface area contributed by atoms with Gasteiger partial charge in [-0.1, -0.05) is 11.6 Å². The molecule has 6 heteroatoms. The van der Waals surface area contributed by atoms with Gasteiger partial charge in [0.05, 0.1) is 6.21 Å². The van der Waals surface area contributed by atoms with Crippen LogP contribution in [0.3, 0.4) is 0 Å². The number of nitrogens with zero attached hydrogens (tertiary/aromatic N) is 2. The summed E-state index contributed by atoms with van der Waals surface area (Å²) >= 11 is 5.76. The number of rotatable bonds is 5. The van der Waals surface area contributed by atoms with Gasteiger partial charge in [-0.2, -0.15) is 10.4 Å². The molecule has 0 aliphatic rings. The lowest BCUT2D eigenvalue weighted by Gasteiger charge is -2.01. The molecule has 0 saturated carbocycles. The van der Waals surface area contributed by atoms with E-state index in [1.807, 2.05) is 6.07 Å².